The Bertz CT molecular complexity index is 489. The summed E-state index contributed by atoms with van der Waals surface area (Å²) in [7, 11) is 0. The van der Waals surface area contributed by atoms with Crippen LogP contribution in [0.25, 0.3) is 0 Å². The second kappa shape index (κ2) is 4.00. The van der Waals surface area contributed by atoms with E-state index in [9.17, 15) is 0 Å². The summed E-state index contributed by atoms with van der Waals surface area (Å²) in [6, 6.07) is 6.31. The van der Waals surface area contributed by atoms with Gasteiger partial charge in [-0.25, -0.2) is 0 Å². The fourth-order valence-corrected chi connectivity index (χ4v) is 2.15. The van der Waals surface area contributed by atoms with Crippen molar-refractivity contribution in [3.63, 3.8) is 0 Å². The number of hydrogen-bond acceptors (Lipinski definition) is 2. The van der Waals surface area contributed by atoms with E-state index in [2.05, 4.69) is 43.1 Å². The van der Waals surface area contributed by atoms with E-state index in [0.717, 1.165) is 12.1 Å². The zero-order valence-corrected chi connectivity index (χ0v) is 9.96. The van der Waals surface area contributed by atoms with Crippen molar-refractivity contribution in [2.24, 2.45) is 0 Å². The van der Waals surface area contributed by atoms with Crippen LogP contribution in [-0.2, 0) is 6.42 Å². The van der Waals surface area contributed by atoms with Gasteiger partial charge in [0.1, 0.15) is 5.82 Å². The molecule has 84 valence electrons. The van der Waals surface area contributed by atoms with Crippen molar-refractivity contribution in [2.45, 2.75) is 27.2 Å². The minimum atomic E-state index is 0.553. The molecule has 3 N–H and O–H groups in total. The average Bonchev–Trinajstić information content (AvgIpc) is 2.58. The predicted octanol–water partition coefficient (Wildman–Crippen LogP) is 2.51. The van der Waals surface area contributed by atoms with Gasteiger partial charge in [0.15, 0.2) is 0 Å². The maximum Gasteiger partial charge on any atom is 0.145 e. The van der Waals surface area contributed by atoms with Crippen molar-refractivity contribution in [1.82, 2.24) is 10.2 Å². The van der Waals surface area contributed by atoms with Crippen LogP contribution in [0.3, 0.4) is 0 Å². The number of anilines is 1. The SMILES string of the molecule is Cc1cc(C)c(Cc2cc(N)n[nH]2)c(C)c1. The van der Waals surface area contributed by atoms with E-state index in [1.165, 1.54) is 22.3 Å². The Morgan fingerprint density at radius 1 is 1.12 bits per heavy atom. The smallest absolute Gasteiger partial charge is 0.145 e. The van der Waals surface area contributed by atoms with Gasteiger partial charge in [0.2, 0.25) is 0 Å². The maximum atomic E-state index is 5.59. The molecular weight excluding hydrogens is 198 g/mol. The summed E-state index contributed by atoms with van der Waals surface area (Å²) < 4.78 is 0. The van der Waals surface area contributed by atoms with Gasteiger partial charge < -0.3 is 5.73 Å². The summed E-state index contributed by atoms with van der Waals surface area (Å²) in [5.74, 6) is 0.553. The van der Waals surface area contributed by atoms with Crippen LogP contribution in [0.5, 0.6) is 0 Å². The van der Waals surface area contributed by atoms with Crippen LogP contribution >= 0.6 is 0 Å². The number of nitrogen functional groups attached to an aromatic ring is 1. The molecule has 3 heteroatoms. The third-order valence-corrected chi connectivity index (χ3v) is 2.86. The first-order valence-corrected chi connectivity index (χ1v) is 5.43. The topological polar surface area (TPSA) is 54.7 Å². The molecule has 0 aliphatic carbocycles. The number of nitrogens with one attached hydrogen (secondary N) is 1. The molecule has 0 unspecified atom stereocenters. The molecule has 1 heterocycles. The highest BCUT2D eigenvalue weighted by atomic mass is 15.1. The Labute approximate surface area is 95.7 Å². The van der Waals surface area contributed by atoms with E-state index in [4.69, 9.17) is 5.73 Å². The Kier molecular flexibility index (Phi) is 2.69. The lowest BCUT2D eigenvalue weighted by Crippen LogP contribution is -1.97. The van der Waals surface area contributed by atoms with Gasteiger partial charge in [-0.3, -0.25) is 5.10 Å². The summed E-state index contributed by atoms with van der Waals surface area (Å²) in [5, 5.41) is 6.89. The number of rotatable bonds is 2. The van der Waals surface area contributed by atoms with E-state index >= 15 is 0 Å². The fourth-order valence-electron chi connectivity index (χ4n) is 2.15. The van der Waals surface area contributed by atoms with Crippen LogP contribution in [0.2, 0.25) is 0 Å². The molecule has 0 atom stereocenters. The molecule has 0 aliphatic heterocycles. The lowest BCUT2D eigenvalue weighted by Gasteiger charge is -2.10. The Balaban J connectivity index is 2.34. The molecule has 16 heavy (non-hydrogen) atoms. The van der Waals surface area contributed by atoms with Crippen LogP contribution < -0.4 is 5.73 Å². The molecule has 0 aliphatic rings. The Morgan fingerprint density at radius 3 is 2.25 bits per heavy atom. The zero-order valence-electron chi connectivity index (χ0n) is 9.96. The number of nitrogens with two attached hydrogens (primary N) is 1. The number of aryl methyl sites for hydroxylation is 3. The first kappa shape index (κ1) is 10.7. The highest BCUT2D eigenvalue weighted by Crippen LogP contribution is 2.19. The van der Waals surface area contributed by atoms with E-state index in [0.29, 0.717) is 5.82 Å². The molecule has 1 aromatic heterocycles. The van der Waals surface area contributed by atoms with Gasteiger partial charge in [0.25, 0.3) is 0 Å². The molecule has 0 saturated carbocycles. The number of nitrogens with zero attached hydrogens (tertiary/aromatic N) is 1. The molecule has 2 rings (SSSR count). The molecule has 1 aromatic carbocycles. The molecular formula is C13H17N3. The molecule has 0 spiro atoms. The molecule has 0 saturated heterocycles. The van der Waals surface area contributed by atoms with Crippen molar-refractivity contribution in [1.29, 1.82) is 0 Å². The van der Waals surface area contributed by atoms with Crippen molar-refractivity contribution >= 4 is 5.82 Å². The van der Waals surface area contributed by atoms with E-state index in [1.54, 1.807) is 0 Å². The first-order valence-electron chi connectivity index (χ1n) is 5.43. The standard InChI is InChI=1S/C13H17N3/c1-8-4-9(2)12(10(3)5-8)6-11-7-13(14)16-15-11/h4-5,7H,6H2,1-3H3,(H3,14,15,16). The lowest BCUT2D eigenvalue weighted by atomic mass is 9.96. The molecule has 3 nitrogen and oxygen atoms in total. The summed E-state index contributed by atoms with van der Waals surface area (Å²) in [4.78, 5) is 0. The Hall–Kier alpha value is -1.77. The number of benzene rings is 1. The van der Waals surface area contributed by atoms with Crippen molar-refractivity contribution < 1.29 is 0 Å². The number of aromatic amines is 1. The van der Waals surface area contributed by atoms with Crippen LogP contribution in [0.4, 0.5) is 5.82 Å². The number of hydrogen-bond donors (Lipinski definition) is 2. The van der Waals surface area contributed by atoms with Crippen LogP contribution in [0.15, 0.2) is 18.2 Å². The van der Waals surface area contributed by atoms with E-state index in [1.807, 2.05) is 6.07 Å². The highest BCUT2D eigenvalue weighted by molar-refractivity contribution is 5.41. The molecule has 0 bridgehead atoms. The quantitative estimate of drug-likeness (QED) is 0.808. The van der Waals surface area contributed by atoms with Gasteiger partial charge in [0.05, 0.1) is 0 Å². The number of H-pyrrole nitrogens is 1. The van der Waals surface area contributed by atoms with Gasteiger partial charge >= 0.3 is 0 Å². The fraction of sp³-hybridized carbons (Fsp3) is 0.308. The average molecular weight is 215 g/mol. The second-order valence-corrected chi connectivity index (χ2v) is 4.37. The third kappa shape index (κ3) is 2.08. The van der Waals surface area contributed by atoms with Crippen LogP contribution in [-0.4, -0.2) is 10.2 Å². The zero-order chi connectivity index (χ0) is 11.7. The van der Waals surface area contributed by atoms with Gasteiger partial charge in [-0.15, -0.1) is 0 Å². The summed E-state index contributed by atoms with van der Waals surface area (Å²) >= 11 is 0. The van der Waals surface area contributed by atoms with E-state index < -0.39 is 0 Å². The van der Waals surface area contributed by atoms with Crippen molar-refractivity contribution in [3.8, 4) is 0 Å². The van der Waals surface area contributed by atoms with Crippen LogP contribution in [0.1, 0.15) is 27.9 Å². The summed E-state index contributed by atoms with van der Waals surface area (Å²) in [6.07, 6.45) is 0.863. The molecule has 0 radical (unpaired) electrons. The predicted molar refractivity (Wildman–Crippen MR) is 66.5 cm³/mol. The Morgan fingerprint density at radius 2 is 1.75 bits per heavy atom. The van der Waals surface area contributed by atoms with Crippen molar-refractivity contribution in [3.05, 3.63) is 46.1 Å². The van der Waals surface area contributed by atoms with Gasteiger partial charge in [0, 0.05) is 18.2 Å². The number of aromatic nitrogens is 2. The summed E-state index contributed by atoms with van der Waals surface area (Å²) in [6.45, 7) is 6.42. The largest absolute Gasteiger partial charge is 0.382 e. The minimum absolute atomic E-state index is 0.553. The lowest BCUT2D eigenvalue weighted by molar-refractivity contribution is 0.984. The molecule has 2 aromatic rings. The molecule has 0 amide bonds. The normalized spacial score (nSPS) is 10.7. The third-order valence-electron chi connectivity index (χ3n) is 2.86. The van der Waals surface area contributed by atoms with E-state index in [-0.39, 0.29) is 0 Å². The van der Waals surface area contributed by atoms with Gasteiger partial charge in [-0.05, 0) is 37.5 Å². The van der Waals surface area contributed by atoms with Crippen LogP contribution in [0, 0.1) is 20.8 Å². The van der Waals surface area contributed by atoms with Crippen molar-refractivity contribution in [2.75, 3.05) is 5.73 Å². The maximum absolute atomic E-state index is 5.59. The van der Waals surface area contributed by atoms with Gasteiger partial charge in [-0.1, -0.05) is 17.7 Å². The summed E-state index contributed by atoms with van der Waals surface area (Å²) in [5.41, 5.74) is 12.0. The van der Waals surface area contributed by atoms with Gasteiger partial charge in [-0.2, -0.15) is 5.10 Å². The first-order chi connectivity index (χ1) is 7.56. The monoisotopic (exact) mass is 215 g/mol. The second-order valence-electron chi connectivity index (χ2n) is 4.37. The highest BCUT2D eigenvalue weighted by Gasteiger charge is 2.06. The minimum Gasteiger partial charge on any atom is -0.382 e. The molecule has 0 fully saturated rings.